The van der Waals surface area contributed by atoms with Crippen LogP contribution in [0.15, 0.2) is 89.8 Å². The first-order valence-corrected chi connectivity index (χ1v) is 11.2. The molecule has 1 N–H and O–H groups in total. The average molecular weight is 488 g/mol. The van der Waals surface area contributed by atoms with E-state index < -0.39 is 6.04 Å². The standard InChI is InChI=1S/C26H22ClN5O3/c1-31-13-12-28-25(31)24(17-5-3-6-20(15-17)34-2)29-26(33)21-16-22(23-7-4-14-35-23)32(30-21)19-10-8-18(27)9-11-19/h3-16,24H,1-2H3,(H,29,33). The van der Waals surface area contributed by atoms with Crippen LogP contribution in [0.25, 0.3) is 17.1 Å². The second-order valence-electron chi connectivity index (χ2n) is 7.86. The normalized spacial score (nSPS) is 11.9. The lowest BCUT2D eigenvalue weighted by Gasteiger charge is -2.19. The molecule has 0 saturated carbocycles. The Morgan fingerprint density at radius 3 is 2.63 bits per heavy atom. The number of nitrogens with zero attached hydrogens (tertiary/aromatic N) is 4. The van der Waals surface area contributed by atoms with Gasteiger partial charge in [0.1, 0.15) is 23.3 Å². The van der Waals surface area contributed by atoms with Gasteiger partial charge in [0, 0.05) is 30.5 Å². The van der Waals surface area contributed by atoms with Gasteiger partial charge in [0.15, 0.2) is 11.5 Å². The third-order valence-electron chi connectivity index (χ3n) is 5.61. The zero-order valence-electron chi connectivity index (χ0n) is 19.1. The molecule has 5 rings (SSSR count). The largest absolute Gasteiger partial charge is 0.497 e. The van der Waals surface area contributed by atoms with Crippen molar-refractivity contribution in [3.63, 3.8) is 0 Å². The molecule has 5 aromatic rings. The van der Waals surface area contributed by atoms with Gasteiger partial charge >= 0.3 is 0 Å². The number of halogens is 1. The topological polar surface area (TPSA) is 87.1 Å². The fraction of sp³-hybridized carbons (Fsp3) is 0.115. The number of furan rings is 1. The van der Waals surface area contributed by atoms with Crippen LogP contribution in [0.3, 0.4) is 0 Å². The summed E-state index contributed by atoms with van der Waals surface area (Å²) in [6.45, 7) is 0. The molecule has 2 aromatic carbocycles. The molecular formula is C26H22ClN5O3. The number of aryl methyl sites for hydroxylation is 1. The lowest BCUT2D eigenvalue weighted by Crippen LogP contribution is -2.31. The number of carbonyl (C=O) groups is 1. The van der Waals surface area contributed by atoms with Gasteiger partial charge in [-0.25, -0.2) is 9.67 Å². The number of hydrogen-bond donors (Lipinski definition) is 1. The van der Waals surface area contributed by atoms with Crippen LogP contribution in [-0.4, -0.2) is 32.3 Å². The number of amides is 1. The van der Waals surface area contributed by atoms with E-state index >= 15 is 0 Å². The molecule has 35 heavy (non-hydrogen) atoms. The highest BCUT2D eigenvalue weighted by Crippen LogP contribution is 2.27. The highest BCUT2D eigenvalue weighted by atomic mass is 35.5. The number of hydrogen-bond acceptors (Lipinski definition) is 5. The second-order valence-corrected chi connectivity index (χ2v) is 8.30. The zero-order chi connectivity index (χ0) is 24.4. The maximum atomic E-state index is 13.5. The first-order valence-electron chi connectivity index (χ1n) is 10.9. The minimum atomic E-state index is -0.523. The maximum Gasteiger partial charge on any atom is 0.272 e. The van der Waals surface area contributed by atoms with Crippen LogP contribution < -0.4 is 10.1 Å². The second kappa shape index (κ2) is 9.52. The van der Waals surface area contributed by atoms with Crippen LogP contribution in [-0.2, 0) is 7.05 Å². The fourth-order valence-electron chi connectivity index (χ4n) is 3.85. The summed E-state index contributed by atoms with van der Waals surface area (Å²) in [5.41, 5.74) is 2.44. The average Bonchev–Trinajstić information content (AvgIpc) is 3.64. The molecular weight excluding hydrogens is 466 g/mol. The molecule has 1 unspecified atom stereocenters. The van der Waals surface area contributed by atoms with Crippen molar-refractivity contribution in [3.8, 4) is 22.9 Å². The third-order valence-corrected chi connectivity index (χ3v) is 5.86. The Labute approximate surface area is 206 Å². The molecule has 0 bridgehead atoms. The maximum absolute atomic E-state index is 13.5. The molecule has 3 heterocycles. The number of carbonyl (C=O) groups excluding carboxylic acids is 1. The lowest BCUT2D eigenvalue weighted by atomic mass is 10.1. The Balaban J connectivity index is 1.54. The number of rotatable bonds is 7. The molecule has 176 valence electrons. The molecule has 3 aromatic heterocycles. The first kappa shape index (κ1) is 22.5. The van der Waals surface area contributed by atoms with Crippen molar-refractivity contribution in [2.24, 2.45) is 7.05 Å². The van der Waals surface area contributed by atoms with Crippen molar-refractivity contribution in [1.82, 2.24) is 24.6 Å². The fourth-order valence-corrected chi connectivity index (χ4v) is 3.98. The summed E-state index contributed by atoms with van der Waals surface area (Å²) >= 11 is 6.06. The third kappa shape index (κ3) is 4.56. The van der Waals surface area contributed by atoms with Crippen molar-refractivity contribution in [2.75, 3.05) is 7.11 Å². The van der Waals surface area contributed by atoms with Crippen LogP contribution in [0.1, 0.15) is 27.9 Å². The van der Waals surface area contributed by atoms with Gasteiger partial charge in [0.2, 0.25) is 0 Å². The van der Waals surface area contributed by atoms with Crippen molar-refractivity contribution in [2.45, 2.75) is 6.04 Å². The highest BCUT2D eigenvalue weighted by molar-refractivity contribution is 6.30. The van der Waals surface area contributed by atoms with Crippen LogP contribution in [0, 0.1) is 0 Å². The van der Waals surface area contributed by atoms with Crippen molar-refractivity contribution >= 4 is 17.5 Å². The summed E-state index contributed by atoms with van der Waals surface area (Å²) in [5.74, 6) is 1.58. The van der Waals surface area contributed by atoms with Gasteiger partial charge in [0.05, 0.1) is 19.1 Å². The van der Waals surface area contributed by atoms with Gasteiger partial charge in [0.25, 0.3) is 5.91 Å². The molecule has 0 spiro atoms. The number of benzene rings is 2. The molecule has 1 amide bonds. The van der Waals surface area contributed by atoms with E-state index in [-0.39, 0.29) is 11.6 Å². The Morgan fingerprint density at radius 2 is 1.94 bits per heavy atom. The number of ether oxygens (including phenoxy) is 1. The summed E-state index contributed by atoms with van der Waals surface area (Å²) in [6.07, 6.45) is 5.10. The summed E-state index contributed by atoms with van der Waals surface area (Å²) in [7, 11) is 3.49. The minimum Gasteiger partial charge on any atom is -0.497 e. The van der Waals surface area contributed by atoms with Crippen molar-refractivity contribution in [1.29, 1.82) is 0 Å². The molecule has 0 fully saturated rings. The van der Waals surface area contributed by atoms with E-state index in [9.17, 15) is 4.79 Å². The van der Waals surface area contributed by atoms with Gasteiger partial charge in [-0.3, -0.25) is 4.79 Å². The van der Waals surface area contributed by atoms with E-state index in [0.29, 0.717) is 28.1 Å². The Morgan fingerprint density at radius 1 is 1.11 bits per heavy atom. The van der Waals surface area contributed by atoms with Gasteiger partial charge < -0.3 is 19.0 Å². The number of imidazole rings is 1. The molecule has 0 aliphatic carbocycles. The molecule has 0 aliphatic heterocycles. The Kier molecular flexibility index (Phi) is 6.12. The van der Waals surface area contributed by atoms with Gasteiger partial charge in [-0.05, 0) is 54.1 Å². The van der Waals surface area contributed by atoms with Crippen LogP contribution in [0.4, 0.5) is 0 Å². The first-order chi connectivity index (χ1) is 17.0. The van der Waals surface area contributed by atoms with Gasteiger partial charge in [-0.15, -0.1) is 0 Å². The highest BCUT2D eigenvalue weighted by Gasteiger charge is 2.25. The summed E-state index contributed by atoms with van der Waals surface area (Å²) < 4.78 is 14.5. The minimum absolute atomic E-state index is 0.230. The molecule has 0 aliphatic rings. The Hall–Kier alpha value is -4.30. The predicted octanol–water partition coefficient (Wildman–Crippen LogP) is 5.05. The van der Waals surface area contributed by atoms with Crippen LogP contribution >= 0.6 is 11.6 Å². The van der Waals surface area contributed by atoms with E-state index in [0.717, 1.165) is 11.3 Å². The van der Waals surface area contributed by atoms with Gasteiger partial charge in [-0.2, -0.15) is 5.10 Å². The van der Waals surface area contributed by atoms with Crippen LogP contribution in [0.2, 0.25) is 5.02 Å². The quantitative estimate of drug-likeness (QED) is 0.347. The van der Waals surface area contributed by atoms with E-state index in [1.54, 1.807) is 48.5 Å². The van der Waals surface area contributed by atoms with E-state index in [2.05, 4.69) is 15.4 Å². The van der Waals surface area contributed by atoms with E-state index in [4.69, 9.17) is 20.8 Å². The molecule has 1 atom stereocenters. The molecule has 9 heteroatoms. The molecule has 0 saturated heterocycles. The number of aromatic nitrogens is 4. The summed E-state index contributed by atoms with van der Waals surface area (Å²) in [4.78, 5) is 18.0. The summed E-state index contributed by atoms with van der Waals surface area (Å²) in [6, 6.07) is 19.5. The SMILES string of the molecule is COc1cccc(C(NC(=O)c2cc(-c3ccco3)n(-c3ccc(Cl)cc3)n2)c2nccn2C)c1. The van der Waals surface area contributed by atoms with Crippen LogP contribution in [0.5, 0.6) is 5.75 Å². The lowest BCUT2D eigenvalue weighted by molar-refractivity contribution is 0.0935. The number of methoxy groups -OCH3 is 1. The monoisotopic (exact) mass is 487 g/mol. The van der Waals surface area contributed by atoms with Gasteiger partial charge in [-0.1, -0.05) is 23.7 Å². The van der Waals surface area contributed by atoms with E-state index in [1.807, 2.05) is 60.3 Å². The molecule has 8 nitrogen and oxygen atoms in total. The zero-order valence-corrected chi connectivity index (χ0v) is 19.8. The molecule has 0 radical (unpaired) electrons. The number of nitrogens with one attached hydrogen (secondary N) is 1. The van der Waals surface area contributed by atoms with E-state index in [1.165, 1.54) is 0 Å². The Bertz CT molecular complexity index is 1450. The van der Waals surface area contributed by atoms with Crippen molar-refractivity contribution in [3.05, 3.63) is 107 Å². The summed E-state index contributed by atoms with van der Waals surface area (Å²) in [5, 5.41) is 8.29. The smallest absolute Gasteiger partial charge is 0.272 e. The predicted molar refractivity (Wildman–Crippen MR) is 132 cm³/mol. The van der Waals surface area contributed by atoms with Crippen molar-refractivity contribution < 1.29 is 13.9 Å².